The van der Waals surface area contributed by atoms with Gasteiger partial charge in [0.15, 0.2) is 0 Å². The number of pyridine rings is 1. The molecule has 1 aromatic rings. The van der Waals surface area contributed by atoms with Crippen molar-refractivity contribution in [3.8, 4) is 6.07 Å². The molecule has 18 heavy (non-hydrogen) atoms. The van der Waals surface area contributed by atoms with Crippen LogP contribution in [-0.4, -0.2) is 4.98 Å². The number of halogens is 5. The van der Waals surface area contributed by atoms with Crippen LogP contribution in [-0.2, 0) is 19.1 Å². The van der Waals surface area contributed by atoms with Crippen molar-refractivity contribution < 1.29 is 22.0 Å². The van der Waals surface area contributed by atoms with Gasteiger partial charge in [0.2, 0.25) is 0 Å². The number of aromatic nitrogens is 1. The lowest BCUT2D eigenvalue weighted by Gasteiger charge is -2.16. The predicted molar refractivity (Wildman–Crippen MR) is 51.4 cm³/mol. The standard InChI is InChI=1S/C10H8F5N3/c11-9(12)8-6(10(13,14)15)3-5(4-17)18-7(8)1-2-16/h3,9H,1,4,17H2. The molecule has 0 fully saturated rings. The van der Waals surface area contributed by atoms with E-state index in [2.05, 4.69) is 4.98 Å². The minimum Gasteiger partial charge on any atom is -0.325 e. The molecule has 0 aliphatic carbocycles. The first kappa shape index (κ1) is 14.3. The summed E-state index contributed by atoms with van der Waals surface area (Å²) in [5.74, 6) is 0. The van der Waals surface area contributed by atoms with Gasteiger partial charge in [0.05, 0.1) is 35.0 Å². The fraction of sp³-hybridized carbons (Fsp3) is 0.400. The normalized spacial score (nSPS) is 11.7. The molecule has 2 N–H and O–H groups in total. The van der Waals surface area contributed by atoms with Crippen molar-refractivity contribution in [2.45, 2.75) is 25.6 Å². The molecular weight excluding hydrogens is 257 g/mol. The Hall–Kier alpha value is -1.75. The average Bonchev–Trinajstić information content (AvgIpc) is 2.26. The number of hydrogen-bond donors (Lipinski definition) is 1. The van der Waals surface area contributed by atoms with Gasteiger partial charge in [-0.1, -0.05) is 0 Å². The zero-order valence-electron chi connectivity index (χ0n) is 8.93. The van der Waals surface area contributed by atoms with Crippen molar-refractivity contribution in [1.82, 2.24) is 4.98 Å². The second-order valence-electron chi connectivity index (χ2n) is 3.36. The Bertz CT molecular complexity index is 476. The summed E-state index contributed by atoms with van der Waals surface area (Å²) in [7, 11) is 0. The van der Waals surface area contributed by atoms with Gasteiger partial charge in [-0.05, 0) is 6.07 Å². The molecule has 0 saturated heterocycles. The lowest BCUT2D eigenvalue weighted by Crippen LogP contribution is -2.16. The smallest absolute Gasteiger partial charge is 0.325 e. The van der Waals surface area contributed by atoms with Gasteiger partial charge in [0, 0.05) is 6.54 Å². The zero-order valence-corrected chi connectivity index (χ0v) is 8.93. The van der Waals surface area contributed by atoms with Gasteiger partial charge in [-0.3, -0.25) is 4.98 Å². The minimum absolute atomic E-state index is 0.183. The average molecular weight is 265 g/mol. The molecule has 1 heterocycles. The van der Waals surface area contributed by atoms with Crippen LogP contribution in [0.4, 0.5) is 22.0 Å². The minimum atomic E-state index is -4.94. The molecule has 0 atom stereocenters. The van der Waals surface area contributed by atoms with Crippen LogP contribution in [0.2, 0.25) is 0 Å². The first-order valence-corrected chi connectivity index (χ1v) is 4.76. The topological polar surface area (TPSA) is 62.7 Å². The van der Waals surface area contributed by atoms with Gasteiger partial charge >= 0.3 is 6.18 Å². The highest BCUT2D eigenvalue weighted by atomic mass is 19.4. The van der Waals surface area contributed by atoms with E-state index in [9.17, 15) is 22.0 Å². The molecule has 98 valence electrons. The highest BCUT2D eigenvalue weighted by Crippen LogP contribution is 2.38. The number of hydrogen-bond acceptors (Lipinski definition) is 3. The number of nitriles is 1. The van der Waals surface area contributed by atoms with E-state index in [0.29, 0.717) is 6.07 Å². The molecule has 0 aromatic carbocycles. The Morgan fingerprint density at radius 2 is 2.00 bits per heavy atom. The molecule has 8 heteroatoms. The molecule has 0 saturated carbocycles. The van der Waals surface area contributed by atoms with Crippen molar-refractivity contribution in [2.24, 2.45) is 5.73 Å². The monoisotopic (exact) mass is 265 g/mol. The summed E-state index contributed by atoms with van der Waals surface area (Å²) in [6.07, 6.45) is -8.93. The maximum Gasteiger partial charge on any atom is 0.417 e. The van der Waals surface area contributed by atoms with Crippen LogP contribution in [0.1, 0.15) is 28.9 Å². The second-order valence-corrected chi connectivity index (χ2v) is 3.36. The summed E-state index contributed by atoms with van der Waals surface area (Å²) in [4.78, 5) is 3.55. The summed E-state index contributed by atoms with van der Waals surface area (Å²) >= 11 is 0. The summed E-state index contributed by atoms with van der Waals surface area (Å²) in [5, 5.41) is 8.44. The van der Waals surface area contributed by atoms with Crippen molar-refractivity contribution in [2.75, 3.05) is 0 Å². The highest BCUT2D eigenvalue weighted by Gasteiger charge is 2.38. The molecule has 0 aliphatic heterocycles. The number of nitrogens with zero attached hydrogens (tertiary/aromatic N) is 2. The van der Waals surface area contributed by atoms with Crippen LogP contribution >= 0.6 is 0 Å². The Morgan fingerprint density at radius 3 is 2.39 bits per heavy atom. The van der Waals surface area contributed by atoms with Gasteiger partial charge in [-0.2, -0.15) is 18.4 Å². The lowest BCUT2D eigenvalue weighted by atomic mass is 10.0. The number of nitrogens with two attached hydrogens (primary N) is 1. The molecule has 0 spiro atoms. The summed E-state index contributed by atoms with van der Waals surface area (Å²) in [6.45, 7) is -0.328. The first-order valence-electron chi connectivity index (χ1n) is 4.76. The van der Waals surface area contributed by atoms with Crippen LogP contribution < -0.4 is 5.73 Å². The largest absolute Gasteiger partial charge is 0.417 e. The van der Waals surface area contributed by atoms with Crippen LogP contribution in [0, 0.1) is 11.3 Å². The zero-order chi connectivity index (χ0) is 13.9. The molecule has 0 radical (unpaired) electrons. The fourth-order valence-electron chi connectivity index (χ4n) is 1.46. The van der Waals surface area contributed by atoms with Gasteiger partial charge in [-0.25, -0.2) is 8.78 Å². The Morgan fingerprint density at radius 1 is 1.39 bits per heavy atom. The van der Waals surface area contributed by atoms with E-state index in [1.807, 2.05) is 0 Å². The van der Waals surface area contributed by atoms with Crippen LogP contribution in [0.5, 0.6) is 0 Å². The van der Waals surface area contributed by atoms with Crippen LogP contribution in [0.15, 0.2) is 6.07 Å². The predicted octanol–water partition coefficient (Wildman–Crippen LogP) is 2.56. The van der Waals surface area contributed by atoms with Crippen LogP contribution in [0.25, 0.3) is 0 Å². The van der Waals surface area contributed by atoms with E-state index in [0.717, 1.165) is 0 Å². The molecule has 1 rings (SSSR count). The number of alkyl halides is 5. The van der Waals surface area contributed by atoms with Crippen molar-refractivity contribution in [1.29, 1.82) is 5.26 Å². The third kappa shape index (κ3) is 2.92. The third-order valence-electron chi connectivity index (χ3n) is 2.17. The summed E-state index contributed by atoms with van der Waals surface area (Å²) < 4.78 is 63.4. The quantitative estimate of drug-likeness (QED) is 0.854. The molecule has 0 aliphatic rings. The third-order valence-corrected chi connectivity index (χ3v) is 2.17. The van der Waals surface area contributed by atoms with Gasteiger partial charge in [0.1, 0.15) is 0 Å². The van der Waals surface area contributed by atoms with E-state index in [-0.39, 0.29) is 12.2 Å². The van der Waals surface area contributed by atoms with Gasteiger partial charge < -0.3 is 5.73 Å². The van der Waals surface area contributed by atoms with E-state index >= 15 is 0 Å². The lowest BCUT2D eigenvalue weighted by molar-refractivity contribution is -0.139. The Balaban J connectivity index is 3.56. The molecular formula is C10H8F5N3. The fourth-order valence-corrected chi connectivity index (χ4v) is 1.46. The van der Waals surface area contributed by atoms with E-state index in [4.69, 9.17) is 11.0 Å². The van der Waals surface area contributed by atoms with E-state index < -0.39 is 35.8 Å². The molecule has 1 aromatic heterocycles. The Labute approximate surface area is 99.0 Å². The van der Waals surface area contributed by atoms with Crippen molar-refractivity contribution >= 4 is 0 Å². The first-order chi connectivity index (χ1) is 8.31. The summed E-state index contributed by atoms with van der Waals surface area (Å²) in [6, 6.07) is 1.99. The maximum absolute atomic E-state index is 12.7. The van der Waals surface area contributed by atoms with E-state index in [1.165, 1.54) is 6.07 Å². The second kappa shape index (κ2) is 5.27. The number of rotatable bonds is 3. The molecule has 3 nitrogen and oxygen atoms in total. The Kier molecular flexibility index (Phi) is 4.19. The maximum atomic E-state index is 12.7. The molecule has 0 amide bonds. The molecule has 0 unspecified atom stereocenters. The van der Waals surface area contributed by atoms with E-state index in [1.54, 1.807) is 0 Å². The molecule has 0 bridgehead atoms. The van der Waals surface area contributed by atoms with Crippen molar-refractivity contribution in [3.05, 3.63) is 28.6 Å². The van der Waals surface area contributed by atoms with Gasteiger partial charge in [-0.15, -0.1) is 0 Å². The SMILES string of the molecule is N#CCc1nc(CN)cc(C(F)(F)F)c1C(F)F. The highest BCUT2D eigenvalue weighted by molar-refractivity contribution is 5.37. The van der Waals surface area contributed by atoms with Crippen LogP contribution in [0.3, 0.4) is 0 Å². The van der Waals surface area contributed by atoms with Gasteiger partial charge in [0.25, 0.3) is 6.43 Å². The van der Waals surface area contributed by atoms with Crippen molar-refractivity contribution in [3.63, 3.8) is 0 Å². The summed E-state index contributed by atoms with van der Waals surface area (Å²) in [5.41, 5.74) is 1.65.